The molecule has 2 aliphatic rings. The smallest absolute Gasteiger partial charge is 0.350 e. The Morgan fingerprint density at radius 2 is 1.91 bits per heavy atom. The number of fused-ring (bicyclic) bond motifs is 1. The van der Waals surface area contributed by atoms with Gasteiger partial charge in [-0.3, -0.25) is 9.59 Å². The first kappa shape index (κ1) is 23.5. The molecule has 0 unspecified atom stereocenters. The van der Waals surface area contributed by atoms with E-state index >= 15 is 0 Å². The average molecular weight is 500 g/mol. The zero-order valence-corrected chi connectivity index (χ0v) is 20.0. The van der Waals surface area contributed by atoms with Crippen molar-refractivity contribution in [2.45, 2.75) is 32.5 Å². The van der Waals surface area contributed by atoms with Gasteiger partial charge in [0.15, 0.2) is 0 Å². The molecule has 1 aliphatic heterocycles. The van der Waals surface area contributed by atoms with Crippen molar-refractivity contribution in [1.29, 1.82) is 0 Å². The highest BCUT2D eigenvalue weighted by Crippen LogP contribution is 2.50. The van der Waals surface area contributed by atoms with Crippen LogP contribution in [0.2, 0.25) is 0 Å². The normalized spacial score (nSPS) is 21.1. The first-order chi connectivity index (χ1) is 16.6. The monoisotopic (exact) mass is 499 g/mol. The molecule has 1 aromatic heterocycles. The molecule has 0 radical (unpaired) electrons. The molecule has 182 valence electrons. The second kappa shape index (κ2) is 8.78. The third kappa shape index (κ3) is 4.69. The Kier molecular flexibility index (Phi) is 5.91. The zero-order valence-electron chi connectivity index (χ0n) is 19.2. The van der Waals surface area contributed by atoms with Gasteiger partial charge in [0.1, 0.15) is 5.69 Å². The maximum Gasteiger partial charge on any atom is 0.416 e. The van der Waals surface area contributed by atoms with Crippen LogP contribution in [-0.2, 0) is 6.18 Å². The van der Waals surface area contributed by atoms with Gasteiger partial charge < -0.3 is 10.2 Å². The lowest BCUT2D eigenvalue weighted by Gasteiger charge is -2.27. The number of amides is 2. The molecular weight excluding hydrogens is 475 g/mol. The molecule has 2 aromatic carbocycles. The summed E-state index contributed by atoms with van der Waals surface area (Å²) < 4.78 is 39.1. The molecule has 9 heteroatoms. The van der Waals surface area contributed by atoms with Crippen molar-refractivity contribution >= 4 is 23.2 Å². The maximum atomic E-state index is 13.6. The summed E-state index contributed by atoms with van der Waals surface area (Å²) in [5.74, 6) is -0.0894. The van der Waals surface area contributed by atoms with E-state index in [1.54, 1.807) is 4.90 Å². The minimum absolute atomic E-state index is 0.0556. The Hall–Kier alpha value is -3.20. The van der Waals surface area contributed by atoms with E-state index in [4.69, 9.17) is 0 Å². The van der Waals surface area contributed by atoms with Crippen molar-refractivity contribution in [1.82, 2.24) is 15.2 Å². The highest BCUT2D eigenvalue weighted by molar-refractivity contribution is 7.15. The molecule has 35 heavy (non-hydrogen) atoms. The first-order valence-electron chi connectivity index (χ1n) is 11.4. The van der Waals surface area contributed by atoms with Gasteiger partial charge in [-0.15, -0.1) is 11.3 Å². The van der Waals surface area contributed by atoms with E-state index in [1.807, 2.05) is 38.1 Å². The largest absolute Gasteiger partial charge is 0.416 e. The number of hydrogen-bond donors (Lipinski definition) is 1. The van der Waals surface area contributed by atoms with Gasteiger partial charge in [0.05, 0.1) is 21.5 Å². The molecule has 0 spiro atoms. The number of thiazole rings is 1. The quantitative estimate of drug-likeness (QED) is 0.516. The summed E-state index contributed by atoms with van der Waals surface area (Å²) in [6, 6.07) is 12.1. The van der Waals surface area contributed by atoms with E-state index in [0.717, 1.165) is 39.6 Å². The molecule has 3 atom stereocenters. The van der Waals surface area contributed by atoms with E-state index in [-0.39, 0.29) is 30.0 Å². The molecule has 2 amide bonds. The van der Waals surface area contributed by atoms with Crippen molar-refractivity contribution in [3.8, 4) is 10.4 Å². The van der Waals surface area contributed by atoms with Crippen molar-refractivity contribution in [3.05, 3.63) is 75.9 Å². The van der Waals surface area contributed by atoms with Gasteiger partial charge in [-0.05, 0) is 55.9 Å². The number of piperidine rings is 1. The molecular formula is C26H24F3N3O2S. The van der Waals surface area contributed by atoms with Gasteiger partial charge >= 0.3 is 6.18 Å². The van der Waals surface area contributed by atoms with Crippen LogP contribution in [0.15, 0.2) is 48.5 Å². The van der Waals surface area contributed by atoms with Gasteiger partial charge in [-0.2, -0.15) is 13.2 Å². The standard InChI is InChI=1S/C26H24F3N3O2S/c1-14-5-3-6-16(9-14)23-22(31-15(2)35-23)25(34)32-13-18-11-20(18)21(32)12-30-24(33)17-7-4-8-19(10-17)26(27,28)29/h3-10,18,20-21H,11-13H2,1-2H3,(H,30,33)/t18-,20-,21+/m0/s1. The van der Waals surface area contributed by atoms with E-state index in [1.165, 1.54) is 23.5 Å². The minimum atomic E-state index is -4.52. The Morgan fingerprint density at radius 1 is 1.14 bits per heavy atom. The predicted molar refractivity (Wildman–Crippen MR) is 127 cm³/mol. The van der Waals surface area contributed by atoms with Gasteiger partial charge in [0.2, 0.25) is 0 Å². The number of carbonyl (C=O) groups excluding carboxylic acids is 2. The van der Waals surface area contributed by atoms with Gasteiger partial charge in [-0.1, -0.05) is 35.9 Å². The fourth-order valence-corrected chi connectivity index (χ4v) is 5.80. The average Bonchev–Trinajstić information content (AvgIpc) is 3.33. The van der Waals surface area contributed by atoms with Crippen LogP contribution in [0.5, 0.6) is 0 Å². The molecule has 1 saturated carbocycles. The Labute approximate surface area is 205 Å². The van der Waals surface area contributed by atoms with E-state index in [9.17, 15) is 22.8 Å². The van der Waals surface area contributed by atoms with E-state index in [0.29, 0.717) is 18.2 Å². The SMILES string of the molecule is Cc1cccc(-c2sc(C)nc2C(=O)N2C[C@@H]3C[C@@H]3[C@H]2CNC(=O)c2cccc(C(F)(F)F)c2)c1. The molecule has 2 heterocycles. The molecule has 2 fully saturated rings. The van der Waals surface area contributed by atoms with Crippen molar-refractivity contribution in [2.24, 2.45) is 11.8 Å². The summed E-state index contributed by atoms with van der Waals surface area (Å²) in [6.45, 7) is 4.65. The zero-order chi connectivity index (χ0) is 24.9. The van der Waals surface area contributed by atoms with Gasteiger partial charge in [-0.25, -0.2) is 4.98 Å². The van der Waals surface area contributed by atoms with Crippen molar-refractivity contribution in [3.63, 3.8) is 0 Å². The number of aromatic nitrogens is 1. The third-order valence-corrected chi connectivity index (χ3v) is 7.72. The highest BCUT2D eigenvalue weighted by atomic mass is 32.1. The van der Waals surface area contributed by atoms with Crippen LogP contribution >= 0.6 is 11.3 Å². The van der Waals surface area contributed by atoms with E-state index in [2.05, 4.69) is 10.3 Å². The molecule has 5 nitrogen and oxygen atoms in total. The number of hydrogen-bond acceptors (Lipinski definition) is 4. The molecule has 1 saturated heterocycles. The number of likely N-dealkylation sites (tertiary alicyclic amines) is 1. The van der Waals surface area contributed by atoms with Gasteiger partial charge in [0, 0.05) is 18.7 Å². The summed E-state index contributed by atoms with van der Waals surface area (Å²) in [4.78, 5) is 33.4. The van der Waals surface area contributed by atoms with Crippen LogP contribution in [0.4, 0.5) is 13.2 Å². The number of nitrogens with zero attached hydrogens (tertiary/aromatic N) is 2. The molecule has 0 bridgehead atoms. The summed E-state index contributed by atoms with van der Waals surface area (Å²) in [5.41, 5.74) is 1.52. The fourth-order valence-electron chi connectivity index (χ4n) is 4.89. The third-order valence-electron chi connectivity index (χ3n) is 6.70. The molecule has 5 rings (SSSR count). The van der Waals surface area contributed by atoms with Crippen LogP contribution in [0.25, 0.3) is 10.4 Å². The fraction of sp³-hybridized carbons (Fsp3) is 0.346. The minimum Gasteiger partial charge on any atom is -0.350 e. The van der Waals surface area contributed by atoms with Crippen LogP contribution in [0.1, 0.15) is 43.4 Å². The summed E-state index contributed by atoms with van der Waals surface area (Å²) in [7, 11) is 0. The predicted octanol–water partition coefficient (Wildman–Crippen LogP) is 5.34. The van der Waals surface area contributed by atoms with Gasteiger partial charge in [0.25, 0.3) is 11.8 Å². The number of carbonyl (C=O) groups is 2. The van der Waals surface area contributed by atoms with Crippen LogP contribution in [-0.4, -0.2) is 40.8 Å². The number of halogens is 3. The van der Waals surface area contributed by atoms with Crippen molar-refractivity contribution < 1.29 is 22.8 Å². The molecule has 1 aliphatic carbocycles. The summed E-state index contributed by atoms with van der Waals surface area (Å²) in [5, 5.41) is 3.55. The molecule has 1 N–H and O–H groups in total. The highest BCUT2D eigenvalue weighted by Gasteiger charge is 2.54. The number of alkyl halides is 3. The summed E-state index contributed by atoms with van der Waals surface area (Å²) in [6.07, 6.45) is -3.54. The number of aryl methyl sites for hydroxylation is 2. The number of rotatable bonds is 5. The number of benzene rings is 2. The maximum absolute atomic E-state index is 13.6. The summed E-state index contributed by atoms with van der Waals surface area (Å²) >= 11 is 1.48. The van der Waals surface area contributed by atoms with Crippen LogP contribution in [0.3, 0.4) is 0 Å². The van der Waals surface area contributed by atoms with Crippen LogP contribution < -0.4 is 5.32 Å². The van der Waals surface area contributed by atoms with Crippen LogP contribution in [0, 0.1) is 25.7 Å². The lowest BCUT2D eigenvalue weighted by molar-refractivity contribution is -0.137. The number of nitrogens with one attached hydrogen (secondary N) is 1. The Balaban J connectivity index is 1.34. The topological polar surface area (TPSA) is 62.3 Å². The Morgan fingerprint density at radius 3 is 2.66 bits per heavy atom. The van der Waals surface area contributed by atoms with Crippen molar-refractivity contribution in [2.75, 3.05) is 13.1 Å². The first-order valence-corrected chi connectivity index (χ1v) is 12.2. The second-order valence-corrected chi connectivity index (χ2v) is 10.5. The Bertz CT molecular complexity index is 1300. The second-order valence-electron chi connectivity index (χ2n) is 9.25. The lowest BCUT2D eigenvalue weighted by atomic mass is 10.1. The molecule has 3 aromatic rings. The lowest BCUT2D eigenvalue weighted by Crippen LogP contribution is -2.45. The van der Waals surface area contributed by atoms with E-state index < -0.39 is 17.6 Å².